The van der Waals surface area contributed by atoms with Crippen molar-refractivity contribution in [1.82, 2.24) is 4.98 Å². The lowest BCUT2D eigenvalue weighted by Gasteiger charge is -2.11. The van der Waals surface area contributed by atoms with E-state index < -0.39 is 10.0 Å². The van der Waals surface area contributed by atoms with Gasteiger partial charge >= 0.3 is 0 Å². The molecule has 1 N–H and O–H groups in total. The highest BCUT2D eigenvalue weighted by Crippen LogP contribution is 2.22. The van der Waals surface area contributed by atoms with Crippen molar-refractivity contribution < 1.29 is 13.2 Å². The zero-order valence-electron chi connectivity index (χ0n) is 14.6. The van der Waals surface area contributed by atoms with Gasteiger partial charge in [-0.3, -0.25) is 9.71 Å². The Hall–Kier alpha value is -2.86. The van der Waals surface area contributed by atoms with Crippen molar-refractivity contribution in [2.24, 2.45) is 0 Å². The maximum Gasteiger partial charge on any atom is 0.261 e. The molecule has 2 aromatic carbocycles. The molecule has 0 amide bonds. The molecule has 3 aromatic rings. The summed E-state index contributed by atoms with van der Waals surface area (Å²) in [7, 11) is -3.68. The van der Waals surface area contributed by atoms with Crippen LogP contribution in [0.3, 0.4) is 0 Å². The molecule has 0 aliphatic carbocycles. The molecule has 0 aliphatic heterocycles. The normalized spacial score (nSPS) is 11.3. The van der Waals surface area contributed by atoms with E-state index in [0.29, 0.717) is 11.4 Å². The summed E-state index contributed by atoms with van der Waals surface area (Å²) in [5.74, 6) is 0.632. The maximum atomic E-state index is 12.5. The van der Waals surface area contributed by atoms with E-state index >= 15 is 0 Å². The van der Waals surface area contributed by atoms with Crippen LogP contribution in [0.5, 0.6) is 5.75 Å². The van der Waals surface area contributed by atoms with Crippen molar-refractivity contribution in [3.05, 3.63) is 72.9 Å². The fourth-order valence-electron chi connectivity index (χ4n) is 2.42. The molecule has 0 radical (unpaired) electrons. The number of aromatic nitrogens is 1. The molecule has 6 heteroatoms. The molecule has 134 valence electrons. The van der Waals surface area contributed by atoms with Crippen LogP contribution in [-0.4, -0.2) is 19.5 Å². The third-order valence-corrected chi connectivity index (χ3v) is 4.99. The van der Waals surface area contributed by atoms with Crippen LogP contribution in [0.2, 0.25) is 0 Å². The first-order valence-electron chi connectivity index (χ1n) is 8.25. The average molecular weight is 368 g/mol. The van der Waals surface area contributed by atoms with Crippen LogP contribution in [0.25, 0.3) is 11.3 Å². The lowest BCUT2D eigenvalue weighted by Crippen LogP contribution is -2.13. The van der Waals surface area contributed by atoms with Gasteiger partial charge in [-0.1, -0.05) is 30.3 Å². The molecule has 5 nitrogen and oxygen atoms in total. The monoisotopic (exact) mass is 368 g/mol. The zero-order valence-corrected chi connectivity index (χ0v) is 15.4. The second-order valence-corrected chi connectivity index (χ2v) is 7.72. The molecule has 0 saturated heterocycles. The maximum absolute atomic E-state index is 12.5. The number of nitrogens with zero attached hydrogens (tertiary/aromatic N) is 1. The van der Waals surface area contributed by atoms with E-state index in [1.54, 1.807) is 24.3 Å². The van der Waals surface area contributed by atoms with E-state index in [1.165, 1.54) is 18.3 Å². The highest BCUT2D eigenvalue weighted by Gasteiger charge is 2.14. The Kier molecular flexibility index (Phi) is 5.23. The molecular formula is C20H20N2O3S. The van der Waals surface area contributed by atoms with E-state index in [2.05, 4.69) is 9.71 Å². The van der Waals surface area contributed by atoms with Gasteiger partial charge < -0.3 is 4.74 Å². The molecule has 3 rings (SSSR count). The van der Waals surface area contributed by atoms with Crippen LogP contribution in [0.4, 0.5) is 5.69 Å². The molecule has 0 unspecified atom stereocenters. The van der Waals surface area contributed by atoms with Gasteiger partial charge in [0.2, 0.25) is 0 Å². The SMILES string of the molecule is CC(C)Oc1ccc(S(=O)(=O)Nc2ccc(-c3ccccc3)nc2)cc1. The Morgan fingerprint density at radius 1 is 0.923 bits per heavy atom. The third-order valence-electron chi connectivity index (χ3n) is 3.59. The van der Waals surface area contributed by atoms with Crippen molar-refractivity contribution >= 4 is 15.7 Å². The minimum atomic E-state index is -3.68. The van der Waals surface area contributed by atoms with Crippen molar-refractivity contribution in [3.8, 4) is 17.0 Å². The van der Waals surface area contributed by atoms with E-state index in [0.717, 1.165) is 11.3 Å². The second kappa shape index (κ2) is 7.58. The van der Waals surface area contributed by atoms with E-state index in [1.807, 2.05) is 44.2 Å². The average Bonchev–Trinajstić information content (AvgIpc) is 2.63. The molecule has 0 aliphatic rings. The Morgan fingerprint density at radius 2 is 1.62 bits per heavy atom. The number of anilines is 1. The summed E-state index contributed by atoms with van der Waals surface area (Å²) < 4.78 is 33.1. The molecule has 0 saturated carbocycles. The van der Waals surface area contributed by atoms with E-state index in [-0.39, 0.29) is 11.0 Å². The summed E-state index contributed by atoms with van der Waals surface area (Å²) >= 11 is 0. The Labute approximate surface area is 153 Å². The van der Waals surface area contributed by atoms with Gasteiger partial charge in [0.15, 0.2) is 0 Å². The van der Waals surface area contributed by atoms with E-state index in [9.17, 15) is 8.42 Å². The van der Waals surface area contributed by atoms with Gasteiger partial charge in [0.25, 0.3) is 10.0 Å². The molecule has 1 aromatic heterocycles. The summed E-state index contributed by atoms with van der Waals surface area (Å²) in [5.41, 5.74) is 2.17. The van der Waals surface area contributed by atoms with Crippen molar-refractivity contribution in [2.75, 3.05) is 4.72 Å². The van der Waals surface area contributed by atoms with Gasteiger partial charge in [-0.2, -0.15) is 0 Å². The third kappa shape index (κ3) is 4.40. The van der Waals surface area contributed by atoms with Gasteiger partial charge in [0, 0.05) is 5.56 Å². The predicted octanol–water partition coefficient (Wildman–Crippen LogP) is 4.34. The molecule has 26 heavy (non-hydrogen) atoms. The highest BCUT2D eigenvalue weighted by molar-refractivity contribution is 7.92. The Balaban J connectivity index is 1.75. The van der Waals surface area contributed by atoms with Crippen LogP contribution in [-0.2, 0) is 10.0 Å². The Morgan fingerprint density at radius 3 is 2.19 bits per heavy atom. The van der Waals surface area contributed by atoms with Crippen LogP contribution in [0, 0.1) is 0 Å². The molecular weight excluding hydrogens is 348 g/mol. The summed E-state index contributed by atoms with van der Waals surface area (Å²) in [6.45, 7) is 3.83. The number of pyridine rings is 1. The minimum Gasteiger partial charge on any atom is -0.491 e. The molecule has 0 atom stereocenters. The number of hydrogen-bond acceptors (Lipinski definition) is 4. The summed E-state index contributed by atoms with van der Waals surface area (Å²) in [4.78, 5) is 4.49. The largest absolute Gasteiger partial charge is 0.491 e. The summed E-state index contributed by atoms with van der Waals surface area (Å²) in [6, 6.07) is 19.5. The van der Waals surface area contributed by atoms with Gasteiger partial charge in [0.1, 0.15) is 5.75 Å². The van der Waals surface area contributed by atoms with Crippen LogP contribution < -0.4 is 9.46 Å². The van der Waals surface area contributed by atoms with Gasteiger partial charge in [-0.25, -0.2) is 8.42 Å². The van der Waals surface area contributed by atoms with Crippen molar-refractivity contribution in [3.63, 3.8) is 0 Å². The topological polar surface area (TPSA) is 68.3 Å². The number of benzene rings is 2. The Bertz CT molecular complexity index is 952. The standard InChI is InChI=1S/C20H20N2O3S/c1-15(2)25-18-9-11-19(12-10-18)26(23,24)22-17-8-13-20(21-14-17)16-6-4-3-5-7-16/h3-15,22H,1-2H3. The number of sulfonamides is 1. The van der Waals surface area contributed by atoms with Crippen LogP contribution in [0.15, 0.2) is 77.8 Å². The first-order valence-corrected chi connectivity index (χ1v) is 9.73. The predicted molar refractivity (Wildman–Crippen MR) is 103 cm³/mol. The van der Waals surface area contributed by atoms with Gasteiger partial charge in [-0.15, -0.1) is 0 Å². The van der Waals surface area contributed by atoms with E-state index in [4.69, 9.17) is 4.74 Å². The first kappa shape index (κ1) is 17.9. The first-order chi connectivity index (χ1) is 12.4. The number of rotatable bonds is 6. The number of ether oxygens (including phenoxy) is 1. The lowest BCUT2D eigenvalue weighted by atomic mass is 10.1. The number of nitrogens with one attached hydrogen (secondary N) is 1. The van der Waals surface area contributed by atoms with Crippen LogP contribution >= 0.6 is 0 Å². The molecule has 0 bridgehead atoms. The fourth-order valence-corrected chi connectivity index (χ4v) is 3.46. The second-order valence-electron chi connectivity index (χ2n) is 6.04. The van der Waals surface area contributed by atoms with Crippen molar-refractivity contribution in [2.45, 2.75) is 24.8 Å². The smallest absolute Gasteiger partial charge is 0.261 e. The highest BCUT2D eigenvalue weighted by atomic mass is 32.2. The zero-order chi connectivity index (χ0) is 18.6. The molecule has 0 fully saturated rings. The molecule has 0 spiro atoms. The number of hydrogen-bond donors (Lipinski definition) is 1. The summed E-state index contributed by atoms with van der Waals surface area (Å²) in [6.07, 6.45) is 1.54. The van der Waals surface area contributed by atoms with Crippen LogP contribution in [0.1, 0.15) is 13.8 Å². The summed E-state index contributed by atoms with van der Waals surface area (Å²) in [5, 5.41) is 0. The lowest BCUT2D eigenvalue weighted by molar-refractivity contribution is 0.242. The quantitative estimate of drug-likeness (QED) is 0.703. The fraction of sp³-hybridized carbons (Fsp3) is 0.150. The molecule has 1 heterocycles. The van der Waals surface area contributed by atoms with Gasteiger partial charge in [0.05, 0.1) is 28.6 Å². The van der Waals surface area contributed by atoms with Crippen molar-refractivity contribution in [1.29, 1.82) is 0 Å². The van der Waals surface area contributed by atoms with Gasteiger partial charge in [-0.05, 0) is 50.2 Å². The minimum absolute atomic E-state index is 0.0322.